The fraction of sp³-hybridized carbons (Fsp3) is 0.235. The third-order valence-corrected chi connectivity index (χ3v) is 4.26. The first-order valence-corrected chi connectivity index (χ1v) is 7.70. The maximum absolute atomic E-state index is 13.4. The standard InChI is InChI=1S/C17H14F2N4O/c18-12-8-11(9-13(19)10-12)17(24)22-7-3-4-14(22)16-21-20-15-5-1-2-6-23(15)16/h1-2,5-6,8-10,14H,3-4,7H2/t14-/m1/s1. The Hall–Kier alpha value is -2.83. The van der Waals surface area contributed by atoms with Crippen molar-refractivity contribution in [2.75, 3.05) is 6.54 Å². The molecule has 1 fully saturated rings. The molecule has 24 heavy (non-hydrogen) atoms. The van der Waals surface area contributed by atoms with Crippen LogP contribution < -0.4 is 0 Å². The number of rotatable bonds is 2. The van der Waals surface area contributed by atoms with Crippen molar-refractivity contribution >= 4 is 11.6 Å². The Morgan fingerprint density at radius 2 is 1.92 bits per heavy atom. The van der Waals surface area contributed by atoms with Gasteiger partial charge in [0.1, 0.15) is 11.6 Å². The van der Waals surface area contributed by atoms with E-state index in [4.69, 9.17) is 0 Å². The molecule has 0 spiro atoms. The van der Waals surface area contributed by atoms with Gasteiger partial charge in [-0.25, -0.2) is 8.78 Å². The number of hydrogen-bond donors (Lipinski definition) is 0. The van der Waals surface area contributed by atoms with E-state index < -0.39 is 17.5 Å². The van der Waals surface area contributed by atoms with E-state index in [1.165, 1.54) is 0 Å². The van der Waals surface area contributed by atoms with Gasteiger partial charge in [-0.1, -0.05) is 6.07 Å². The van der Waals surface area contributed by atoms with E-state index in [2.05, 4.69) is 10.2 Å². The van der Waals surface area contributed by atoms with Gasteiger partial charge < -0.3 is 4.90 Å². The van der Waals surface area contributed by atoms with Crippen molar-refractivity contribution in [3.63, 3.8) is 0 Å². The summed E-state index contributed by atoms with van der Waals surface area (Å²) in [6.07, 6.45) is 3.38. The first-order valence-electron chi connectivity index (χ1n) is 7.70. The van der Waals surface area contributed by atoms with Gasteiger partial charge in [0.05, 0.1) is 6.04 Å². The normalized spacial score (nSPS) is 17.6. The molecule has 4 rings (SSSR count). The molecule has 3 aromatic rings. The highest BCUT2D eigenvalue weighted by Gasteiger charge is 2.34. The maximum Gasteiger partial charge on any atom is 0.254 e. The molecular formula is C17H14F2N4O. The zero-order valence-corrected chi connectivity index (χ0v) is 12.7. The summed E-state index contributed by atoms with van der Waals surface area (Å²) in [6, 6.07) is 8.17. The van der Waals surface area contributed by atoms with Crippen LogP contribution in [-0.4, -0.2) is 31.9 Å². The summed E-state index contributed by atoms with van der Waals surface area (Å²) in [6.45, 7) is 0.517. The molecule has 3 heterocycles. The molecule has 2 aromatic heterocycles. The molecule has 0 saturated carbocycles. The number of nitrogens with zero attached hydrogens (tertiary/aromatic N) is 4. The summed E-state index contributed by atoms with van der Waals surface area (Å²) in [5, 5.41) is 8.32. The number of amides is 1. The second-order valence-corrected chi connectivity index (χ2v) is 5.80. The van der Waals surface area contributed by atoms with E-state index in [-0.39, 0.29) is 11.6 Å². The average molecular weight is 328 g/mol. The number of hydrogen-bond acceptors (Lipinski definition) is 3. The van der Waals surface area contributed by atoms with Crippen molar-refractivity contribution in [2.24, 2.45) is 0 Å². The number of benzene rings is 1. The van der Waals surface area contributed by atoms with Crippen LogP contribution >= 0.6 is 0 Å². The molecule has 1 aromatic carbocycles. The number of pyridine rings is 1. The lowest BCUT2D eigenvalue weighted by atomic mass is 10.1. The highest BCUT2D eigenvalue weighted by molar-refractivity contribution is 5.94. The van der Waals surface area contributed by atoms with E-state index in [9.17, 15) is 13.6 Å². The van der Waals surface area contributed by atoms with Gasteiger partial charge in [0.2, 0.25) is 0 Å². The predicted molar refractivity (Wildman–Crippen MR) is 82.4 cm³/mol. The molecule has 1 aliphatic rings. The van der Waals surface area contributed by atoms with Crippen LogP contribution in [-0.2, 0) is 0 Å². The van der Waals surface area contributed by atoms with E-state index >= 15 is 0 Å². The summed E-state index contributed by atoms with van der Waals surface area (Å²) in [5.74, 6) is -1.26. The van der Waals surface area contributed by atoms with E-state index in [1.807, 2.05) is 28.8 Å². The zero-order valence-electron chi connectivity index (χ0n) is 12.7. The zero-order chi connectivity index (χ0) is 16.7. The molecular weight excluding hydrogens is 314 g/mol. The Labute approximate surface area is 136 Å². The average Bonchev–Trinajstić information content (AvgIpc) is 3.19. The largest absolute Gasteiger partial charge is 0.328 e. The number of fused-ring (bicyclic) bond motifs is 1. The topological polar surface area (TPSA) is 50.5 Å². The van der Waals surface area contributed by atoms with E-state index in [0.717, 1.165) is 31.0 Å². The predicted octanol–water partition coefficient (Wildman–Crippen LogP) is 2.98. The first-order chi connectivity index (χ1) is 11.6. The molecule has 5 nitrogen and oxygen atoms in total. The van der Waals surface area contributed by atoms with Crippen LogP contribution in [0.4, 0.5) is 8.78 Å². The van der Waals surface area contributed by atoms with E-state index in [1.54, 1.807) is 4.90 Å². The highest BCUT2D eigenvalue weighted by Crippen LogP contribution is 2.32. The van der Waals surface area contributed by atoms with Crippen LogP contribution in [0, 0.1) is 11.6 Å². The molecule has 7 heteroatoms. The van der Waals surface area contributed by atoms with Crippen molar-refractivity contribution in [3.05, 3.63) is 65.6 Å². The van der Waals surface area contributed by atoms with Crippen molar-refractivity contribution in [3.8, 4) is 0 Å². The fourth-order valence-corrected chi connectivity index (χ4v) is 3.21. The molecule has 0 unspecified atom stereocenters. The summed E-state index contributed by atoms with van der Waals surface area (Å²) >= 11 is 0. The van der Waals surface area contributed by atoms with Gasteiger partial charge in [0, 0.05) is 24.4 Å². The number of carbonyl (C=O) groups excluding carboxylic acids is 1. The Morgan fingerprint density at radius 1 is 1.12 bits per heavy atom. The SMILES string of the molecule is O=C(c1cc(F)cc(F)c1)N1CCC[C@@H]1c1nnc2ccccn12. The van der Waals surface area contributed by atoms with Crippen LogP contribution in [0.5, 0.6) is 0 Å². The minimum atomic E-state index is -0.762. The summed E-state index contributed by atoms with van der Waals surface area (Å²) in [7, 11) is 0. The smallest absolute Gasteiger partial charge is 0.254 e. The lowest BCUT2D eigenvalue weighted by molar-refractivity contribution is 0.0728. The quantitative estimate of drug-likeness (QED) is 0.727. The highest BCUT2D eigenvalue weighted by atomic mass is 19.1. The van der Waals surface area contributed by atoms with Crippen molar-refractivity contribution in [2.45, 2.75) is 18.9 Å². The van der Waals surface area contributed by atoms with Gasteiger partial charge in [0.25, 0.3) is 5.91 Å². The van der Waals surface area contributed by atoms with E-state index in [0.29, 0.717) is 18.0 Å². The Morgan fingerprint density at radius 3 is 2.71 bits per heavy atom. The molecule has 0 aliphatic carbocycles. The molecule has 0 N–H and O–H groups in total. The van der Waals surface area contributed by atoms with Crippen molar-refractivity contribution in [1.29, 1.82) is 0 Å². The van der Waals surface area contributed by atoms with Gasteiger partial charge >= 0.3 is 0 Å². The van der Waals surface area contributed by atoms with Gasteiger partial charge in [-0.2, -0.15) is 0 Å². The molecule has 0 radical (unpaired) electrons. The summed E-state index contributed by atoms with van der Waals surface area (Å²) < 4.78 is 28.7. The number of likely N-dealkylation sites (tertiary alicyclic amines) is 1. The van der Waals surface area contributed by atoms with Crippen LogP contribution in [0.25, 0.3) is 5.65 Å². The molecule has 1 amide bonds. The second-order valence-electron chi connectivity index (χ2n) is 5.80. The molecule has 1 atom stereocenters. The van der Waals surface area contributed by atoms with Crippen LogP contribution in [0.1, 0.15) is 35.1 Å². The van der Waals surface area contributed by atoms with Crippen LogP contribution in [0.15, 0.2) is 42.6 Å². The minimum absolute atomic E-state index is 0.00761. The Kier molecular flexibility index (Phi) is 3.48. The number of halogens is 2. The molecule has 0 bridgehead atoms. The van der Waals surface area contributed by atoms with Crippen LogP contribution in [0.3, 0.4) is 0 Å². The van der Waals surface area contributed by atoms with Gasteiger partial charge in [-0.15, -0.1) is 10.2 Å². The summed E-state index contributed by atoms with van der Waals surface area (Å²) in [5.41, 5.74) is 0.705. The molecule has 1 saturated heterocycles. The molecule has 1 aliphatic heterocycles. The van der Waals surface area contributed by atoms with Crippen LogP contribution in [0.2, 0.25) is 0 Å². The second kappa shape index (κ2) is 5.67. The maximum atomic E-state index is 13.4. The molecule has 122 valence electrons. The minimum Gasteiger partial charge on any atom is -0.328 e. The van der Waals surface area contributed by atoms with Gasteiger partial charge in [-0.3, -0.25) is 9.20 Å². The Balaban J connectivity index is 1.71. The lowest BCUT2D eigenvalue weighted by Crippen LogP contribution is -2.31. The van der Waals surface area contributed by atoms with Gasteiger partial charge in [0.15, 0.2) is 11.5 Å². The van der Waals surface area contributed by atoms with Crippen molar-refractivity contribution < 1.29 is 13.6 Å². The monoisotopic (exact) mass is 328 g/mol. The van der Waals surface area contributed by atoms with Crippen molar-refractivity contribution in [1.82, 2.24) is 19.5 Å². The third kappa shape index (κ3) is 2.42. The number of aromatic nitrogens is 3. The fourth-order valence-electron chi connectivity index (χ4n) is 3.21. The third-order valence-electron chi connectivity index (χ3n) is 4.26. The first kappa shape index (κ1) is 14.7. The van der Waals surface area contributed by atoms with Gasteiger partial charge in [-0.05, 0) is 37.1 Å². The number of carbonyl (C=O) groups is 1. The Bertz CT molecular complexity index is 904. The summed E-state index contributed by atoms with van der Waals surface area (Å²) in [4.78, 5) is 14.3. The lowest BCUT2D eigenvalue weighted by Gasteiger charge is -2.23.